The molecule has 5 nitrogen and oxygen atoms in total. The third-order valence-corrected chi connectivity index (χ3v) is 5.37. The molecule has 0 saturated carbocycles. The zero-order valence-electron chi connectivity index (χ0n) is 13.0. The van der Waals surface area contributed by atoms with Crippen molar-refractivity contribution >= 4 is 26.7 Å². The van der Waals surface area contributed by atoms with Crippen molar-refractivity contribution in [2.45, 2.75) is 19.4 Å². The quantitative estimate of drug-likeness (QED) is 0.930. The maximum atomic E-state index is 12.2. The van der Waals surface area contributed by atoms with Gasteiger partial charge in [-0.2, -0.15) is 0 Å². The van der Waals surface area contributed by atoms with Gasteiger partial charge in [0, 0.05) is 18.9 Å². The Morgan fingerprint density at radius 3 is 2.61 bits per heavy atom. The van der Waals surface area contributed by atoms with Gasteiger partial charge in [-0.25, -0.2) is 13.6 Å². The molecule has 1 saturated heterocycles. The number of benzene rings is 2. The molecule has 0 aromatic heterocycles. The number of fused-ring (bicyclic) bond motifs is 1. The molecule has 1 heterocycles. The van der Waals surface area contributed by atoms with E-state index in [0.717, 1.165) is 16.3 Å². The second-order valence-electron chi connectivity index (χ2n) is 6.23. The molecule has 1 unspecified atom stereocenters. The van der Waals surface area contributed by atoms with Gasteiger partial charge in [-0.15, -0.1) is 0 Å². The molecule has 0 spiro atoms. The van der Waals surface area contributed by atoms with E-state index in [0.29, 0.717) is 6.54 Å². The van der Waals surface area contributed by atoms with Crippen molar-refractivity contribution < 1.29 is 13.2 Å². The Morgan fingerprint density at radius 2 is 1.91 bits per heavy atom. The molecule has 1 aliphatic heterocycles. The monoisotopic (exact) mass is 332 g/mol. The summed E-state index contributed by atoms with van der Waals surface area (Å²) in [4.78, 5) is 14.0. The van der Waals surface area contributed by atoms with Crippen molar-refractivity contribution in [3.63, 3.8) is 0 Å². The van der Waals surface area contributed by atoms with Crippen LogP contribution in [-0.4, -0.2) is 31.5 Å². The van der Waals surface area contributed by atoms with E-state index in [2.05, 4.69) is 6.07 Å². The zero-order valence-corrected chi connectivity index (χ0v) is 13.8. The highest BCUT2D eigenvalue weighted by Gasteiger charge is 2.34. The Balaban J connectivity index is 1.81. The Kier molecular flexibility index (Phi) is 4.12. The van der Waals surface area contributed by atoms with Crippen molar-refractivity contribution in [1.82, 2.24) is 4.90 Å². The normalized spacial score (nSPS) is 20.2. The molecule has 2 atom stereocenters. The van der Waals surface area contributed by atoms with Crippen LogP contribution in [0.5, 0.6) is 0 Å². The highest BCUT2D eigenvalue weighted by molar-refractivity contribution is 7.89. The first-order chi connectivity index (χ1) is 10.8. The lowest BCUT2D eigenvalue weighted by molar-refractivity contribution is -0.129. The first-order valence-corrected chi connectivity index (χ1v) is 9.33. The van der Waals surface area contributed by atoms with Gasteiger partial charge in [0.2, 0.25) is 15.9 Å². The van der Waals surface area contributed by atoms with Crippen LogP contribution in [-0.2, 0) is 14.8 Å². The summed E-state index contributed by atoms with van der Waals surface area (Å²) >= 11 is 0. The van der Waals surface area contributed by atoms with E-state index in [1.54, 1.807) is 4.90 Å². The molecule has 2 N–H and O–H groups in total. The van der Waals surface area contributed by atoms with Crippen molar-refractivity contribution in [2.75, 3.05) is 12.3 Å². The lowest BCUT2D eigenvalue weighted by Gasteiger charge is -2.25. The summed E-state index contributed by atoms with van der Waals surface area (Å²) in [7, 11) is -3.55. The van der Waals surface area contributed by atoms with Crippen LogP contribution in [0.3, 0.4) is 0 Å². The number of amides is 1. The van der Waals surface area contributed by atoms with E-state index in [9.17, 15) is 13.2 Å². The van der Waals surface area contributed by atoms with Crippen LogP contribution in [0.4, 0.5) is 0 Å². The molecule has 23 heavy (non-hydrogen) atoms. The number of hydrogen-bond donors (Lipinski definition) is 1. The van der Waals surface area contributed by atoms with Gasteiger partial charge >= 0.3 is 0 Å². The summed E-state index contributed by atoms with van der Waals surface area (Å²) in [6, 6.07) is 14.1. The Morgan fingerprint density at radius 1 is 1.22 bits per heavy atom. The minimum absolute atomic E-state index is 0.0145. The average Bonchev–Trinajstić information content (AvgIpc) is 2.84. The van der Waals surface area contributed by atoms with Crippen LogP contribution in [0.2, 0.25) is 0 Å². The van der Waals surface area contributed by atoms with Crippen LogP contribution in [0.1, 0.15) is 24.9 Å². The summed E-state index contributed by atoms with van der Waals surface area (Å²) in [5, 5.41) is 7.38. The van der Waals surface area contributed by atoms with Crippen LogP contribution < -0.4 is 5.14 Å². The van der Waals surface area contributed by atoms with Gasteiger partial charge < -0.3 is 4.90 Å². The average molecular weight is 332 g/mol. The van der Waals surface area contributed by atoms with Gasteiger partial charge in [0.1, 0.15) is 0 Å². The summed E-state index contributed by atoms with van der Waals surface area (Å²) in [5.41, 5.74) is 1.05. The Labute approximate surface area is 136 Å². The molecule has 6 heteroatoms. The maximum absolute atomic E-state index is 12.2. The van der Waals surface area contributed by atoms with E-state index < -0.39 is 10.0 Å². The lowest BCUT2D eigenvalue weighted by atomic mass is 10.0. The highest BCUT2D eigenvalue weighted by atomic mass is 32.2. The van der Waals surface area contributed by atoms with E-state index in [4.69, 9.17) is 5.14 Å². The van der Waals surface area contributed by atoms with Gasteiger partial charge in [0.05, 0.1) is 11.8 Å². The number of carbonyl (C=O) groups is 1. The first kappa shape index (κ1) is 16.0. The molecule has 1 amide bonds. The molecule has 1 fully saturated rings. The van der Waals surface area contributed by atoms with Gasteiger partial charge in [-0.05, 0) is 29.3 Å². The summed E-state index contributed by atoms with van der Waals surface area (Å²) in [6.07, 6.45) is 0.244. The molecular weight excluding hydrogens is 312 g/mol. The SMILES string of the molecule is C[C@@H](c1ccc2ccccc2c1)N1CC(CS(N)(=O)=O)CC1=O. The highest BCUT2D eigenvalue weighted by Crippen LogP contribution is 2.30. The van der Waals surface area contributed by atoms with Crippen LogP contribution in [0, 0.1) is 5.92 Å². The van der Waals surface area contributed by atoms with Crippen molar-refractivity contribution in [3.05, 3.63) is 48.0 Å². The molecule has 2 aromatic rings. The molecular formula is C17H20N2O3S. The molecule has 3 rings (SSSR count). The fourth-order valence-electron chi connectivity index (χ4n) is 3.27. The minimum atomic E-state index is -3.55. The number of likely N-dealkylation sites (tertiary alicyclic amines) is 1. The lowest BCUT2D eigenvalue weighted by Crippen LogP contribution is -2.30. The number of nitrogens with zero attached hydrogens (tertiary/aromatic N) is 1. The van der Waals surface area contributed by atoms with Crippen LogP contribution in [0.25, 0.3) is 10.8 Å². The number of primary sulfonamides is 1. The molecule has 122 valence electrons. The summed E-state index contributed by atoms with van der Waals surface area (Å²) in [5.74, 6) is -0.376. The minimum Gasteiger partial charge on any atom is -0.336 e. The molecule has 1 aliphatic rings. The second kappa shape index (κ2) is 5.94. The number of sulfonamides is 1. The first-order valence-electron chi connectivity index (χ1n) is 7.62. The van der Waals surface area contributed by atoms with E-state index in [1.165, 1.54) is 0 Å². The van der Waals surface area contributed by atoms with Gasteiger partial charge in [-0.1, -0.05) is 36.4 Å². The fourth-order valence-corrected chi connectivity index (χ4v) is 4.15. The van der Waals surface area contributed by atoms with E-state index in [1.807, 2.05) is 43.3 Å². The van der Waals surface area contributed by atoms with Crippen molar-refractivity contribution in [2.24, 2.45) is 11.1 Å². The number of rotatable bonds is 4. The molecule has 2 aromatic carbocycles. The molecule has 0 bridgehead atoms. The van der Waals surface area contributed by atoms with Gasteiger partial charge in [0.25, 0.3) is 0 Å². The number of hydrogen-bond acceptors (Lipinski definition) is 3. The zero-order chi connectivity index (χ0) is 16.6. The van der Waals surface area contributed by atoms with Gasteiger partial charge in [-0.3, -0.25) is 4.79 Å². The third-order valence-electron chi connectivity index (χ3n) is 4.43. The van der Waals surface area contributed by atoms with Gasteiger partial charge in [0.15, 0.2) is 0 Å². The van der Waals surface area contributed by atoms with Crippen LogP contribution >= 0.6 is 0 Å². The van der Waals surface area contributed by atoms with Crippen molar-refractivity contribution in [3.8, 4) is 0 Å². The summed E-state index contributed by atoms with van der Waals surface area (Å²) in [6.45, 7) is 2.41. The Hall–Kier alpha value is -1.92. The van der Waals surface area contributed by atoms with E-state index in [-0.39, 0.29) is 30.0 Å². The fraction of sp³-hybridized carbons (Fsp3) is 0.353. The standard InChI is InChI=1S/C17H20N2O3S/c1-12(15-7-6-14-4-2-3-5-16(14)9-15)19-10-13(8-17(19)20)11-23(18,21)22/h2-7,9,12-13H,8,10-11H2,1H3,(H2,18,21,22)/t12-,13?/m0/s1. The van der Waals surface area contributed by atoms with E-state index >= 15 is 0 Å². The molecule has 0 radical (unpaired) electrons. The molecule has 0 aliphatic carbocycles. The second-order valence-corrected chi connectivity index (χ2v) is 7.89. The number of nitrogens with two attached hydrogens (primary N) is 1. The smallest absolute Gasteiger partial charge is 0.223 e. The predicted octanol–water partition coefficient (Wildman–Crippen LogP) is 2.04. The topological polar surface area (TPSA) is 80.5 Å². The third kappa shape index (κ3) is 3.54. The Bertz CT molecular complexity index is 848. The predicted molar refractivity (Wildman–Crippen MR) is 90.2 cm³/mol. The summed E-state index contributed by atoms with van der Waals surface area (Å²) < 4.78 is 22.5. The van der Waals surface area contributed by atoms with Crippen molar-refractivity contribution in [1.29, 1.82) is 0 Å². The van der Waals surface area contributed by atoms with Crippen LogP contribution in [0.15, 0.2) is 42.5 Å². The maximum Gasteiger partial charge on any atom is 0.223 e. The number of carbonyl (C=O) groups excluding carboxylic acids is 1. The largest absolute Gasteiger partial charge is 0.336 e.